The normalized spacial score (nSPS) is 13.7. The van der Waals surface area contributed by atoms with Gasteiger partial charge in [0.05, 0.1) is 16.5 Å². The van der Waals surface area contributed by atoms with Crippen LogP contribution in [-0.2, 0) is 27.2 Å². The standard InChI is InChI=1S/C20H19ClFNO3S/c1-12(20(25)23-18-8-6-15(22)10-17(18)21)26-19(24)11-27-16-7-5-13-3-2-4-14(13)9-16/h5-10,12H,2-4,11H2,1H3,(H,23,25)/t12-/m1/s1. The Morgan fingerprint density at radius 1 is 1.22 bits per heavy atom. The van der Waals surface area contributed by atoms with Gasteiger partial charge >= 0.3 is 5.97 Å². The molecule has 0 saturated carbocycles. The van der Waals surface area contributed by atoms with Gasteiger partial charge in [-0.05, 0) is 67.6 Å². The number of amides is 1. The van der Waals surface area contributed by atoms with Gasteiger partial charge in [0.2, 0.25) is 0 Å². The van der Waals surface area contributed by atoms with Gasteiger partial charge in [-0.15, -0.1) is 11.8 Å². The van der Waals surface area contributed by atoms with Crippen LogP contribution in [0.5, 0.6) is 0 Å². The summed E-state index contributed by atoms with van der Waals surface area (Å²) in [7, 11) is 0. The number of hydrogen-bond acceptors (Lipinski definition) is 4. The highest BCUT2D eigenvalue weighted by molar-refractivity contribution is 8.00. The SMILES string of the molecule is C[C@@H](OC(=O)CSc1ccc2c(c1)CCC2)C(=O)Nc1ccc(F)cc1Cl. The lowest BCUT2D eigenvalue weighted by atomic mass is 10.1. The molecule has 0 unspecified atom stereocenters. The van der Waals surface area contributed by atoms with Crippen molar-refractivity contribution in [3.63, 3.8) is 0 Å². The van der Waals surface area contributed by atoms with Crippen LogP contribution in [0.15, 0.2) is 41.3 Å². The van der Waals surface area contributed by atoms with Gasteiger partial charge in [-0.1, -0.05) is 17.7 Å². The van der Waals surface area contributed by atoms with Crippen molar-refractivity contribution >= 4 is 40.9 Å². The van der Waals surface area contributed by atoms with E-state index in [0.717, 1.165) is 23.8 Å². The number of halogens is 2. The van der Waals surface area contributed by atoms with Crippen LogP contribution >= 0.6 is 23.4 Å². The van der Waals surface area contributed by atoms with Gasteiger partial charge in [0.15, 0.2) is 6.10 Å². The Hall–Kier alpha value is -2.05. The number of thioether (sulfide) groups is 1. The molecule has 4 nitrogen and oxygen atoms in total. The molecule has 0 fully saturated rings. The van der Waals surface area contributed by atoms with Crippen LogP contribution in [-0.4, -0.2) is 23.7 Å². The Balaban J connectivity index is 1.48. The predicted molar refractivity (Wildman–Crippen MR) is 105 cm³/mol. The molecule has 2 aromatic carbocycles. The summed E-state index contributed by atoms with van der Waals surface area (Å²) in [6, 6.07) is 9.88. The highest BCUT2D eigenvalue weighted by atomic mass is 35.5. The van der Waals surface area contributed by atoms with Crippen molar-refractivity contribution in [3.8, 4) is 0 Å². The highest BCUT2D eigenvalue weighted by Gasteiger charge is 2.19. The minimum absolute atomic E-state index is 0.0778. The monoisotopic (exact) mass is 407 g/mol. The number of aryl methyl sites for hydroxylation is 2. The van der Waals surface area contributed by atoms with Gasteiger partial charge in [-0.25, -0.2) is 4.39 Å². The van der Waals surface area contributed by atoms with E-state index in [1.807, 2.05) is 6.07 Å². The summed E-state index contributed by atoms with van der Waals surface area (Å²) in [4.78, 5) is 25.2. The molecule has 1 aliphatic carbocycles. The second-order valence-corrected chi connectivity index (χ2v) is 7.77. The molecule has 1 amide bonds. The summed E-state index contributed by atoms with van der Waals surface area (Å²) in [5.41, 5.74) is 2.99. The first kappa shape index (κ1) is 19.7. The minimum atomic E-state index is -0.987. The van der Waals surface area contributed by atoms with E-state index in [9.17, 15) is 14.0 Å². The van der Waals surface area contributed by atoms with Gasteiger partial charge in [0.25, 0.3) is 5.91 Å². The van der Waals surface area contributed by atoms with E-state index in [-0.39, 0.29) is 16.5 Å². The smallest absolute Gasteiger partial charge is 0.317 e. The fraction of sp³-hybridized carbons (Fsp3) is 0.300. The van der Waals surface area contributed by atoms with E-state index < -0.39 is 23.8 Å². The van der Waals surface area contributed by atoms with Crippen LogP contribution in [0, 0.1) is 5.82 Å². The molecule has 0 saturated heterocycles. The summed E-state index contributed by atoms with van der Waals surface area (Å²) in [6.07, 6.45) is 2.39. The molecule has 1 aliphatic rings. The van der Waals surface area contributed by atoms with Crippen LogP contribution < -0.4 is 5.32 Å². The molecule has 142 valence electrons. The number of carbonyl (C=O) groups is 2. The highest BCUT2D eigenvalue weighted by Crippen LogP contribution is 2.27. The topological polar surface area (TPSA) is 55.4 Å². The second-order valence-electron chi connectivity index (χ2n) is 6.32. The first-order chi connectivity index (χ1) is 12.9. The lowest BCUT2D eigenvalue weighted by Gasteiger charge is -2.14. The van der Waals surface area contributed by atoms with Gasteiger partial charge in [0.1, 0.15) is 5.82 Å². The zero-order valence-corrected chi connectivity index (χ0v) is 16.3. The van der Waals surface area contributed by atoms with Crippen LogP contribution in [0.1, 0.15) is 24.5 Å². The molecule has 0 bridgehead atoms. The van der Waals surface area contributed by atoms with Crippen LogP contribution in [0.2, 0.25) is 5.02 Å². The van der Waals surface area contributed by atoms with E-state index in [1.54, 1.807) is 0 Å². The number of rotatable bonds is 6. The summed E-state index contributed by atoms with van der Waals surface area (Å²) in [6.45, 7) is 1.48. The first-order valence-electron chi connectivity index (χ1n) is 8.62. The van der Waals surface area contributed by atoms with Gasteiger partial charge in [-0.3, -0.25) is 9.59 Å². The quantitative estimate of drug-likeness (QED) is 0.560. The van der Waals surface area contributed by atoms with E-state index in [2.05, 4.69) is 17.4 Å². The average Bonchev–Trinajstić information content (AvgIpc) is 3.10. The molecule has 0 radical (unpaired) electrons. The molecular formula is C20H19ClFNO3S. The number of esters is 1. The maximum atomic E-state index is 13.0. The third-order valence-corrected chi connectivity index (χ3v) is 5.57. The number of fused-ring (bicyclic) bond motifs is 1. The molecule has 1 N–H and O–H groups in total. The van der Waals surface area contributed by atoms with E-state index in [4.69, 9.17) is 16.3 Å². The number of anilines is 1. The Bertz CT molecular complexity index is 874. The molecule has 0 spiro atoms. The van der Waals surface area contributed by atoms with E-state index in [1.165, 1.54) is 48.4 Å². The van der Waals surface area contributed by atoms with Crippen molar-refractivity contribution < 1.29 is 18.7 Å². The second kappa shape index (κ2) is 8.76. The molecule has 0 aromatic heterocycles. The van der Waals surface area contributed by atoms with Crippen molar-refractivity contribution in [1.82, 2.24) is 0 Å². The molecule has 7 heteroatoms. The molecule has 27 heavy (non-hydrogen) atoms. The molecule has 0 heterocycles. The van der Waals surface area contributed by atoms with Crippen molar-refractivity contribution in [3.05, 3.63) is 58.4 Å². The van der Waals surface area contributed by atoms with Gasteiger partial charge in [-0.2, -0.15) is 0 Å². The van der Waals surface area contributed by atoms with Crippen molar-refractivity contribution in [2.75, 3.05) is 11.1 Å². The van der Waals surface area contributed by atoms with Crippen molar-refractivity contribution in [2.24, 2.45) is 0 Å². The molecule has 3 rings (SSSR count). The zero-order valence-electron chi connectivity index (χ0n) is 14.8. The van der Waals surface area contributed by atoms with Gasteiger partial charge < -0.3 is 10.1 Å². The number of benzene rings is 2. The van der Waals surface area contributed by atoms with Crippen molar-refractivity contribution in [2.45, 2.75) is 37.2 Å². The van der Waals surface area contributed by atoms with Crippen LogP contribution in [0.4, 0.5) is 10.1 Å². The molecule has 1 atom stereocenters. The molecule has 0 aliphatic heterocycles. The Morgan fingerprint density at radius 2 is 2.00 bits per heavy atom. The lowest BCUT2D eigenvalue weighted by molar-refractivity contribution is -0.150. The predicted octanol–water partition coefficient (Wildman–Crippen LogP) is 4.63. The Labute approximate surface area is 166 Å². The third-order valence-electron chi connectivity index (χ3n) is 4.29. The Kier molecular flexibility index (Phi) is 6.39. The fourth-order valence-corrected chi connectivity index (χ4v) is 3.85. The Morgan fingerprint density at radius 3 is 2.78 bits per heavy atom. The minimum Gasteiger partial charge on any atom is -0.452 e. The van der Waals surface area contributed by atoms with Gasteiger partial charge in [0, 0.05) is 4.90 Å². The summed E-state index contributed by atoms with van der Waals surface area (Å²) in [5, 5.41) is 2.60. The zero-order chi connectivity index (χ0) is 19.4. The fourth-order valence-electron chi connectivity index (χ4n) is 2.89. The average molecular weight is 408 g/mol. The van der Waals surface area contributed by atoms with Crippen LogP contribution in [0.3, 0.4) is 0 Å². The molecule has 2 aromatic rings. The van der Waals surface area contributed by atoms with Crippen LogP contribution in [0.25, 0.3) is 0 Å². The number of nitrogens with one attached hydrogen (secondary N) is 1. The maximum absolute atomic E-state index is 13.0. The lowest BCUT2D eigenvalue weighted by Crippen LogP contribution is -2.30. The van der Waals surface area contributed by atoms with Crippen molar-refractivity contribution in [1.29, 1.82) is 0 Å². The third kappa shape index (κ3) is 5.23. The summed E-state index contributed by atoms with van der Waals surface area (Å²) >= 11 is 7.26. The number of ether oxygens (including phenoxy) is 1. The van der Waals surface area contributed by atoms with E-state index >= 15 is 0 Å². The molecular weight excluding hydrogens is 389 g/mol. The largest absolute Gasteiger partial charge is 0.452 e. The maximum Gasteiger partial charge on any atom is 0.317 e. The number of carbonyl (C=O) groups excluding carboxylic acids is 2. The first-order valence-corrected chi connectivity index (χ1v) is 9.99. The number of hydrogen-bond donors (Lipinski definition) is 1. The van der Waals surface area contributed by atoms with E-state index in [0.29, 0.717) is 0 Å². The summed E-state index contributed by atoms with van der Waals surface area (Å²) < 4.78 is 18.2. The summed E-state index contributed by atoms with van der Waals surface area (Å²) in [5.74, 6) is -1.39.